The second-order valence-electron chi connectivity index (χ2n) is 8.24. The number of amides is 2. The first kappa shape index (κ1) is 18.1. The fourth-order valence-electron chi connectivity index (χ4n) is 4.65. The van der Waals surface area contributed by atoms with Crippen molar-refractivity contribution in [3.8, 4) is 0 Å². The Kier molecular flexibility index (Phi) is 4.45. The fraction of sp³-hybridized carbons (Fsp3) is 0.455. The van der Waals surface area contributed by atoms with Crippen molar-refractivity contribution in [3.05, 3.63) is 58.9 Å². The summed E-state index contributed by atoms with van der Waals surface area (Å²) >= 11 is 0. The number of nitrogens with one attached hydrogen (secondary N) is 2. The van der Waals surface area contributed by atoms with E-state index >= 15 is 0 Å². The zero-order chi connectivity index (χ0) is 20.0. The highest BCUT2D eigenvalue weighted by molar-refractivity contribution is 5.96. The molecule has 2 N–H and O–H groups in total. The van der Waals surface area contributed by atoms with Crippen LogP contribution in [0.5, 0.6) is 0 Å². The van der Waals surface area contributed by atoms with Crippen LogP contribution in [-0.2, 0) is 11.2 Å². The Hall–Kier alpha value is -2.96. The Morgan fingerprint density at radius 3 is 2.86 bits per heavy atom. The van der Waals surface area contributed by atoms with E-state index in [0.29, 0.717) is 18.2 Å². The van der Waals surface area contributed by atoms with E-state index in [1.807, 2.05) is 0 Å². The van der Waals surface area contributed by atoms with Crippen LogP contribution in [0.1, 0.15) is 48.5 Å². The lowest BCUT2D eigenvalue weighted by atomic mass is 9.98. The minimum atomic E-state index is -0.526. The molecule has 1 aromatic heterocycles. The molecule has 29 heavy (non-hydrogen) atoms. The number of hydrogen-bond acceptors (Lipinski definition) is 4. The number of hydrogen-bond donors (Lipinski definition) is 2. The second kappa shape index (κ2) is 7.13. The normalized spacial score (nSPS) is 27.9. The summed E-state index contributed by atoms with van der Waals surface area (Å²) in [5, 5.41) is 11.0. The summed E-state index contributed by atoms with van der Waals surface area (Å²) in [4.78, 5) is 30.6. The summed E-state index contributed by atoms with van der Waals surface area (Å²) in [6.07, 6.45) is 16.4. The van der Waals surface area contributed by atoms with Crippen molar-refractivity contribution in [3.63, 3.8) is 0 Å². The molecular weight excluding hydrogens is 366 g/mol. The van der Waals surface area contributed by atoms with E-state index in [-0.39, 0.29) is 23.6 Å². The minimum Gasteiger partial charge on any atom is -0.337 e. The number of H-pyrrole nitrogens is 1. The summed E-state index contributed by atoms with van der Waals surface area (Å²) in [6.45, 7) is 0. The Morgan fingerprint density at radius 1 is 1.21 bits per heavy atom. The molecule has 7 heteroatoms. The van der Waals surface area contributed by atoms with E-state index in [9.17, 15) is 9.59 Å². The molecule has 7 nitrogen and oxygen atoms in total. The van der Waals surface area contributed by atoms with Crippen LogP contribution in [0.15, 0.2) is 47.2 Å². The molecule has 1 saturated carbocycles. The van der Waals surface area contributed by atoms with E-state index < -0.39 is 6.04 Å². The molecule has 2 heterocycles. The van der Waals surface area contributed by atoms with Gasteiger partial charge in [0.2, 0.25) is 11.7 Å². The van der Waals surface area contributed by atoms with Crippen LogP contribution in [0, 0.1) is 11.8 Å². The Labute approximate surface area is 169 Å². The van der Waals surface area contributed by atoms with Gasteiger partial charge < -0.3 is 15.2 Å². The van der Waals surface area contributed by atoms with Gasteiger partial charge in [-0.2, -0.15) is 0 Å². The van der Waals surface area contributed by atoms with Crippen molar-refractivity contribution in [1.29, 1.82) is 0 Å². The standard InChI is InChI=1S/C22H25N5O2/c1-27-17-10-6-5-9-14(17)15-12-16(15)19(22(27)29)24-21(28)20-23-18(25-26-20)11-13-7-3-2-4-8-13/h3,7-10,15-16,19H,2,4-6,11-12H2,1H3,(H,24,28)(H,23,25,26)/t15-,16-,19?/m1/s1. The monoisotopic (exact) mass is 391 g/mol. The molecule has 0 aromatic carbocycles. The van der Waals surface area contributed by atoms with E-state index in [1.165, 1.54) is 11.1 Å². The van der Waals surface area contributed by atoms with Crippen molar-refractivity contribution < 1.29 is 9.59 Å². The molecule has 3 atom stereocenters. The number of likely N-dealkylation sites (tertiary alicyclic amines) is 1. The van der Waals surface area contributed by atoms with Crippen molar-refractivity contribution >= 4 is 11.8 Å². The summed E-state index contributed by atoms with van der Waals surface area (Å²) < 4.78 is 0. The zero-order valence-corrected chi connectivity index (χ0v) is 16.5. The molecule has 0 radical (unpaired) electrons. The highest BCUT2D eigenvalue weighted by atomic mass is 16.2. The Bertz CT molecular complexity index is 983. The zero-order valence-electron chi connectivity index (χ0n) is 16.5. The minimum absolute atomic E-state index is 0.0559. The average molecular weight is 391 g/mol. The van der Waals surface area contributed by atoms with Gasteiger partial charge in [-0.1, -0.05) is 30.4 Å². The highest BCUT2D eigenvalue weighted by Gasteiger charge is 2.53. The maximum Gasteiger partial charge on any atom is 0.289 e. The number of aromatic amines is 1. The number of fused-ring (bicyclic) bond motifs is 3. The molecule has 0 bridgehead atoms. The molecule has 0 spiro atoms. The summed E-state index contributed by atoms with van der Waals surface area (Å²) in [7, 11) is 1.80. The molecule has 1 saturated heterocycles. The van der Waals surface area contributed by atoms with Crippen LogP contribution in [0.4, 0.5) is 0 Å². The fourth-order valence-corrected chi connectivity index (χ4v) is 4.65. The van der Waals surface area contributed by atoms with Crippen LogP contribution in [0.3, 0.4) is 0 Å². The molecule has 150 valence electrons. The van der Waals surface area contributed by atoms with Gasteiger partial charge in [0, 0.05) is 19.2 Å². The van der Waals surface area contributed by atoms with Crippen molar-refractivity contribution in [2.45, 2.75) is 44.6 Å². The molecule has 1 aromatic rings. The molecule has 4 aliphatic rings. The molecule has 5 rings (SSSR count). The lowest BCUT2D eigenvalue weighted by Crippen LogP contribution is -2.48. The Balaban J connectivity index is 1.30. The first-order chi connectivity index (χ1) is 14.1. The predicted octanol–water partition coefficient (Wildman–Crippen LogP) is 2.43. The van der Waals surface area contributed by atoms with Crippen LogP contribution in [-0.4, -0.2) is 45.0 Å². The van der Waals surface area contributed by atoms with Gasteiger partial charge in [0.25, 0.3) is 5.91 Å². The van der Waals surface area contributed by atoms with Crippen molar-refractivity contribution in [2.75, 3.05) is 7.05 Å². The van der Waals surface area contributed by atoms with Gasteiger partial charge in [-0.3, -0.25) is 9.59 Å². The summed E-state index contributed by atoms with van der Waals surface area (Å²) in [6, 6.07) is -0.526. The van der Waals surface area contributed by atoms with Crippen LogP contribution in [0.25, 0.3) is 0 Å². The smallest absolute Gasteiger partial charge is 0.289 e. The second-order valence-corrected chi connectivity index (χ2v) is 8.24. The largest absolute Gasteiger partial charge is 0.337 e. The molecule has 2 fully saturated rings. The predicted molar refractivity (Wildman–Crippen MR) is 108 cm³/mol. The number of carbonyl (C=O) groups excluding carboxylic acids is 2. The number of rotatable bonds is 4. The SMILES string of the molecule is CN1C(=O)C(NC(=O)c2nnc(CC3=CCCC=C3)[nH]2)[C@@H]2C[C@@H]2C2=CCCC=C21. The van der Waals surface area contributed by atoms with E-state index in [4.69, 9.17) is 0 Å². The van der Waals surface area contributed by atoms with E-state index in [0.717, 1.165) is 37.8 Å². The van der Waals surface area contributed by atoms with Gasteiger partial charge in [-0.25, -0.2) is 0 Å². The van der Waals surface area contributed by atoms with Gasteiger partial charge in [0.05, 0.1) is 0 Å². The lowest BCUT2D eigenvalue weighted by molar-refractivity contribution is -0.130. The Morgan fingerprint density at radius 2 is 2.03 bits per heavy atom. The van der Waals surface area contributed by atoms with Gasteiger partial charge in [-0.05, 0) is 55.1 Å². The summed E-state index contributed by atoms with van der Waals surface area (Å²) in [5.74, 6) is 0.901. The number of allylic oxidation sites excluding steroid dienone is 7. The topological polar surface area (TPSA) is 91.0 Å². The molecule has 3 aliphatic carbocycles. The maximum atomic E-state index is 13.1. The van der Waals surface area contributed by atoms with Crippen LogP contribution < -0.4 is 5.32 Å². The number of aromatic nitrogens is 3. The highest BCUT2D eigenvalue weighted by Crippen LogP contribution is 2.52. The number of likely N-dealkylation sites (N-methyl/N-ethyl adjacent to an activating group) is 1. The maximum absolute atomic E-state index is 13.1. The van der Waals surface area contributed by atoms with Crippen molar-refractivity contribution in [1.82, 2.24) is 25.4 Å². The van der Waals surface area contributed by atoms with Gasteiger partial charge in [0.1, 0.15) is 11.9 Å². The van der Waals surface area contributed by atoms with Crippen molar-refractivity contribution in [2.24, 2.45) is 11.8 Å². The van der Waals surface area contributed by atoms with E-state index in [2.05, 4.69) is 50.9 Å². The average Bonchev–Trinajstić information content (AvgIpc) is 3.41. The van der Waals surface area contributed by atoms with Crippen LogP contribution in [0.2, 0.25) is 0 Å². The van der Waals surface area contributed by atoms with Gasteiger partial charge >= 0.3 is 0 Å². The number of nitrogens with zero attached hydrogens (tertiary/aromatic N) is 3. The number of carbonyl (C=O) groups is 2. The first-order valence-corrected chi connectivity index (χ1v) is 10.4. The third-order valence-corrected chi connectivity index (χ3v) is 6.27. The molecule has 1 unspecified atom stereocenters. The van der Waals surface area contributed by atoms with E-state index in [1.54, 1.807) is 11.9 Å². The first-order valence-electron chi connectivity index (χ1n) is 10.4. The molecular formula is C22H25N5O2. The lowest BCUT2D eigenvalue weighted by Gasteiger charge is -2.26. The third-order valence-electron chi connectivity index (χ3n) is 6.27. The summed E-state index contributed by atoms with van der Waals surface area (Å²) in [5.41, 5.74) is 3.45. The molecule has 2 amide bonds. The molecule has 1 aliphatic heterocycles. The van der Waals surface area contributed by atoms with Gasteiger partial charge in [-0.15, -0.1) is 10.2 Å². The van der Waals surface area contributed by atoms with Crippen LogP contribution >= 0.6 is 0 Å². The third kappa shape index (κ3) is 3.34. The quantitative estimate of drug-likeness (QED) is 0.825. The van der Waals surface area contributed by atoms with Gasteiger partial charge in [0.15, 0.2) is 0 Å².